The first-order chi connectivity index (χ1) is 13.2. The normalized spacial score (nSPS) is 29.3. The number of benzene rings is 1. The van der Waals surface area contributed by atoms with Gasteiger partial charge in [0.25, 0.3) is 5.56 Å². The first-order valence-electron chi connectivity index (χ1n) is 10.4. The third kappa shape index (κ3) is 3.17. The fourth-order valence-corrected chi connectivity index (χ4v) is 5.90. The minimum Gasteiger partial charge on any atom is -0.339 e. The van der Waals surface area contributed by atoms with Crippen LogP contribution in [0.2, 0.25) is 0 Å². The van der Waals surface area contributed by atoms with E-state index in [1.807, 2.05) is 24.3 Å². The third-order valence-electron chi connectivity index (χ3n) is 6.95. The minimum absolute atomic E-state index is 0.0150. The van der Waals surface area contributed by atoms with Crippen LogP contribution >= 0.6 is 0 Å². The predicted molar refractivity (Wildman–Crippen MR) is 104 cm³/mol. The molecule has 1 amide bonds. The molecule has 2 aliphatic carbocycles. The van der Waals surface area contributed by atoms with Crippen molar-refractivity contribution >= 4 is 16.8 Å². The van der Waals surface area contributed by atoms with Crippen LogP contribution in [-0.2, 0) is 11.3 Å². The second kappa shape index (κ2) is 6.77. The molecule has 2 aliphatic heterocycles. The van der Waals surface area contributed by atoms with Gasteiger partial charge in [-0.3, -0.25) is 14.2 Å². The van der Waals surface area contributed by atoms with Crippen molar-refractivity contribution in [2.45, 2.75) is 57.5 Å². The van der Waals surface area contributed by atoms with Crippen molar-refractivity contribution in [3.8, 4) is 0 Å². The molecule has 3 heterocycles. The van der Waals surface area contributed by atoms with Gasteiger partial charge in [-0.25, -0.2) is 4.98 Å². The Hall–Kier alpha value is -2.17. The van der Waals surface area contributed by atoms with Crippen LogP contribution in [0.5, 0.6) is 0 Å². The Bertz CT molecular complexity index is 907. The predicted octanol–water partition coefficient (Wildman–Crippen LogP) is 3.21. The number of carbonyl (C=O) groups excluding carboxylic acids is 1. The SMILES string of the molecule is O=C(CCCn1cnc2ccccc2c1=O)N1CC2C[C@@H]3CC1C[C@H](C2)C3. The van der Waals surface area contributed by atoms with Gasteiger partial charge >= 0.3 is 0 Å². The van der Waals surface area contributed by atoms with E-state index in [0.29, 0.717) is 30.8 Å². The molecule has 0 spiro atoms. The number of rotatable bonds is 4. The monoisotopic (exact) mass is 365 g/mol. The molecule has 2 saturated carbocycles. The van der Waals surface area contributed by atoms with Crippen LogP contribution in [0.3, 0.4) is 0 Å². The second-order valence-corrected chi connectivity index (χ2v) is 8.84. The van der Waals surface area contributed by atoms with Crippen LogP contribution in [0.25, 0.3) is 10.9 Å². The summed E-state index contributed by atoms with van der Waals surface area (Å²) in [5, 5.41) is 0.645. The highest BCUT2D eigenvalue weighted by atomic mass is 16.2. The Labute approximate surface area is 159 Å². The minimum atomic E-state index is -0.0150. The van der Waals surface area contributed by atoms with Gasteiger partial charge in [-0.15, -0.1) is 0 Å². The summed E-state index contributed by atoms with van der Waals surface area (Å²) in [5.74, 6) is 2.72. The fourth-order valence-electron chi connectivity index (χ4n) is 5.90. The summed E-state index contributed by atoms with van der Waals surface area (Å²) in [6, 6.07) is 7.89. The molecule has 4 fully saturated rings. The zero-order chi connectivity index (χ0) is 18.4. The van der Waals surface area contributed by atoms with Gasteiger partial charge in [0, 0.05) is 25.6 Å². The van der Waals surface area contributed by atoms with Crippen molar-refractivity contribution < 1.29 is 4.79 Å². The van der Waals surface area contributed by atoms with E-state index in [4.69, 9.17) is 0 Å². The summed E-state index contributed by atoms with van der Waals surface area (Å²) in [7, 11) is 0. The second-order valence-electron chi connectivity index (χ2n) is 8.84. The Morgan fingerprint density at radius 2 is 1.78 bits per heavy atom. The summed E-state index contributed by atoms with van der Waals surface area (Å²) in [6.07, 6.45) is 9.31. The molecule has 6 rings (SSSR count). The summed E-state index contributed by atoms with van der Waals surface area (Å²) in [4.78, 5) is 32.1. The Morgan fingerprint density at radius 1 is 1.04 bits per heavy atom. The summed E-state index contributed by atoms with van der Waals surface area (Å²) in [5.41, 5.74) is 0.712. The van der Waals surface area contributed by atoms with Crippen LogP contribution in [0.4, 0.5) is 0 Å². The first kappa shape index (κ1) is 17.0. The lowest BCUT2D eigenvalue weighted by Gasteiger charge is -2.39. The maximum atomic E-state index is 12.9. The lowest BCUT2D eigenvalue weighted by Crippen LogP contribution is -2.42. The van der Waals surface area contributed by atoms with E-state index in [1.54, 1.807) is 10.9 Å². The molecule has 1 aromatic heterocycles. The number of hydrogen-bond acceptors (Lipinski definition) is 3. The summed E-state index contributed by atoms with van der Waals surface area (Å²) in [6.45, 7) is 1.52. The molecule has 0 N–H and O–H groups in total. The van der Waals surface area contributed by atoms with Crippen LogP contribution in [0.15, 0.2) is 35.4 Å². The molecule has 4 aliphatic rings. The number of aromatic nitrogens is 2. The molecular formula is C22H27N3O2. The van der Waals surface area contributed by atoms with Crippen molar-refractivity contribution in [2.75, 3.05) is 6.54 Å². The highest BCUT2D eigenvalue weighted by Crippen LogP contribution is 2.47. The van der Waals surface area contributed by atoms with Gasteiger partial charge in [0.2, 0.25) is 5.91 Å². The summed E-state index contributed by atoms with van der Waals surface area (Å²) < 4.78 is 1.64. The average Bonchev–Trinajstić information content (AvgIpc) is 2.87. The topological polar surface area (TPSA) is 55.2 Å². The smallest absolute Gasteiger partial charge is 0.261 e. The maximum absolute atomic E-state index is 12.9. The van der Waals surface area contributed by atoms with E-state index >= 15 is 0 Å². The zero-order valence-corrected chi connectivity index (χ0v) is 15.7. The molecule has 0 radical (unpaired) electrons. The zero-order valence-electron chi connectivity index (χ0n) is 15.7. The molecule has 142 valence electrons. The van der Waals surface area contributed by atoms with Gasteiger partial charge in [0.05, 0.1) is 17.2 Å². The van der Waals surface area contributed by atoms with Crippen LogP contribution in [0, 0.1) is 17.8 Å². The highest BCUT2D eigenvalue weighted by Gasteiger charge is 2.43. The van der Waals surface area contributed by atoms with E-state index < -0.39 is 0 Å². The number of para-hydroxylation sites is 1. The molecule has 4 bridgehead atoms. The Balaban J connectivity index is 1.24. The van der Waals surface area contributed by atoms with Gasteiger partial charge < -0.3 is 4.90 Å². The number of amides is 1. The van der Waals surface area contributed by atoms with Crippen LogP contribution < -0.4 is 5.56 Å². The van der Waals surface area contributed by atoms with Crippen molar-refractivity contribution in [2.24, 2.45) is 17.8 Å². The number of aryl methyl sites for hydroxylation is 1. The molecule has 2 saturated heterocycles. The molecule has 2 unspecified atom stereocenters. The number of fused-ring (bicyclic) bond motifs is 2. The molecule has 2 aromatic rings. The van der Waals surface area contributed by atoms with Gasteiger partial charge in [0.15, 0.2) is 0 Å². The van der Waals surface area contributed by atoms with Crippen molar-refractivity contribution in [1.82, 2.24) is 14.5 Å². The first-order valence-corrected chi connectivity index (χ1v) is 10.4. The fraction of sp³-hybridized carbons (Fsp3) is 0.591. The standard InChI is InChI=1S/C22H27N3O2/c26-21(25-13-17-9-15-8-16(10-17)12-18(25)11-15)6-3-7-24-14-23-20-5-2-1-4-19(20)22(24)27/h1-2,4-5,14-18H,3,6-13H2/t15-,16+,17?,18?. The van der Waals surface area contributed by atoms with E-state index in [-0.39, 0.29) is 11.5 Å². The van der Waals surface area contributed by atoms with E-state index in [1.165, 1.54) is 32.1 Å². The van der Waals surface area contributed by atoms with Crippen LogP contribution in [-0.4, -0.2) is 32.9 Å². The molecule has 27 heavy (non-hydrogen) atoms. The van der Waals surface area contributed by atoms with Gasteiger partial charge in [0.1, 0.15) is 0 Å². The molecule has 1 aromatic carbocycles. The molecule has 5 heteroatoms. The third-order valence-corrected chi connectivity index (χ3v) is 6.95. The van der Waals surface area contributed by atoms with Crippen LogP contribution in [0.1, 0.15) is 44.9 Å². The lowest BCUT2D eigenvalue weighted by molar-refractivity contribution is -0.134. The Morgan fingerprint density at radius 3 is 2.59 bits per heavy atom. The molecule has 4 atom stereocenters. The van der Waals surface area contributed by atoms with Crippen molar-refractivity contribution in [1.29, 1.82) is 0 Å². The van der Waals surface area contributed by atoms with Gasteiger partial charge in [-0.1, -0.05) is 12.1 Å². The Kier molecular flexibility index (Phi) is 4.25. The highest BCUT2D eigenvalue weighted by molar-refractivity contribution is 5.77. The molecule has 5 nitrogen and oxygen atoms in total. The lowest BCUT2D eigenvalue weighted by atomic mass is 9.68. The molecular weight excluding hydrogens is 338 g/mol. The maximum Gasteiger partial charge on any atom is 0.261 e. The summed E-state index contributed by atoms with van der Waals surface area (Å²) >= 11 is 0. The van der Waals surface area contributed by atoms with Gasteiger partial charge in [-0.05, 0) is 68.4 Å². The van der Waals surface area contributed by atoms with E-state index in [0.717, 1.165) is 29.8 Å². The number of hydrogen-bond donors (Lipinski definition) is 0. The van der Waals surface area contributed by atoms with E-state index in [2.05, 4.69) is 9.88 Å². The average molecular weight is 365 g/mol. The number of nitrogens with zero attached hydrogens (tertiary/aromatic N) is 3. The van der Waals surface area contributed by atoms with Gasteiger partial charge in [-0.2, -0.15) is 0 Å². The van der Waals surface area contributed by atoms with Crippen molar-refractivity contribution in [3.05, 3.63) is 40.9 Å². The van der Waals surface area contributed by atoms with E-state index in [9.17, 15) is 9.59 Å². The number of carbonyl (C=O) groups is 1. The quantitative estimate of drug-likeness (QED) is 0.836. The van der Waals surface area contributed by atoms with Crippen molar-refractivity contribution in [3.63, 3.8) is 0 Å². The largest absolute Gasteiger partial charge is 0.339 e.